The van der Waals surface area contributed by atoms with Gasteiger partial charge in [-0.3, -0.25) is 4.79 Å². The van der Waals surface area contributed by atoms with Crippen LogP contribution in [0.25, 0.3) is 0 Å². The molecule has 1 rings (SSSR count). The van der Waals surface area contributed by atoms with Gasteiger partial charge in [0.05, 0.1) is 12.7 Å². The Bertz CT molecular complexity index is 437. The Labute approximate surface area is 113 Å². The molecule has 0 aromatic heterocycles. The fourth-order valence-electron chi connectivity index (χ4n) is 1.50. The largest absolute Gasteiger partial charge is 0.468 e. The molecule has 0 saturated carbocycles. The number of esters is 1. The zero-order valence-corrected chi connectivity index (χ0v) is 10.9. The lowest BCUT2D eigenvalue weighted by Gasteiger charge is -2.14. The summed E-state index contributed by atoms with van der Waals surface area (Å²) < 4.78 is 42.5. The van der Waals surface area contributed by atoms with E-state index in [1.807, 2.05) is 0 Å². The quantitative estimate of drug-likeness (QED) is 0.670. The Morgan fingerprint density at radius 1 is 1.42 bits per heavy atom. The number of alkyl halides is 4. The number of rotatable bonds is 5. The van der Waals surface area contributed by atoms with E-state index in [0.29, 0.717) is 0 Å². The molecule has 0 aliphatic heterocycles. The number of carbonyl (C=O) groups is 1. The van der Waals surface area contributed by atoms with Crippen LogP contribution in [0.4, 0.5) is 13.2 Å². The van der Waals surface area contributed by atoms with Crippen molar-refractivity contribution in [3.63, 3.8) is 0 Å². The molecule has 106 valence electrons. The van der Waals surface area contributed by atoms with E-state index < -0.39 is 23.1 Å². The highest BCUT2D eigenvalue weighted by molar-refractivity contribution is 6.30. The van der Waals surface area contributed by atoms with Crippen molar-refractivity contribution >= 4 is 17.6 Å². The van der Waals surface area contributed by atoms with Crippen molar-refractivity contribution in [2.45, 2.75) is 18.1 Å². The summed E-state index contributed by atoms with van der Waals surface area (Å²) in [7, 11) is 1.19. The van der Waals surface area contributed by atoms with Gasteiger partial charge in [0.15, 0.2) is 0 Å². The lowest BCUT2D eigenvalue weighted by molar-refractivity contribution is -0.140. The zero-order chi connectivity index (χ0) is 14.5. The number of hydrogen-bond acceptors (Lipinski definition) is 3. The van der Waals surface area contributed by atoms with Crippen LogP contribution >= 0.6 is 11.6 Å². The molecule has 0 radical (unpaired) electrons. The summed E-state index contributed by atoms with van der Waals surface area (Å²) in [5, 5.41) is 1.77. The number of ether oxygens (including phenoxy) is 1. The van der Waals surface area contributed by atoms with E-state index in [0.717, 1.165) is 6.07 Å². The first-order valence-corrected chi connectivity index (χ1v) is 5.87. The highest BCUT2D eigenvalue weighted by Gasteiger charge is 2.32. The average Bonchev–Trinajstić information content (AvgIpc) is 2.37. The molecule has 0 saturated heterocycles. The van der Waals surface area contributed by atoms with E-state index in [9.17, 15) is 18.0 Å². The van der Waals surface area contributed by atoms with Gasteiger partial charge in [0.25, 0.3) is 0 Å². The summed E-state index contributed by atoms with van der Waals surface area (Å²) in [6.07, 6.45) is -4.40. The van der Waals surface area contributed by atoms with Gasteiger partial charge in [-0.25, -0.2) is 0 Å². The number of benzene rings is 1. The molecule has 0 spiro atoms. The predicted molar refractivity (Wildman–Crippen MR) is 64.8 cm³/mol. The molecule has 1 aromatic carbocycles. The minimum atomic E-state index is -4.40. The van der Waals surface area contributed by atoms with E-state index in [4.69, 9.17) is 11.6 Å². The van der Waals surface area contributed by atoms with Crippen LogP contribution in [0.1, 0.15) is 11.1 Å². The van der Waals surface area contributed by atoms with E-state index in [-0.39, 0.29) is 18.7 Å². The minimum Gasteiger partial charge on any atom is -0.468 e. The molecule has 0 aliphatic carbocycles. The summed E-state index contributed by atoms with van der Waals surface area (Å²) in [4.78, 5) is 11.0. The molecular weight excluding hydrogens is 283 g/mol. The van der Waals surface area contributed by atoms with Crippen LogP contribution in [0.3, 0.4) is 0 Å². The molecule has 19 heavy (non-hydrogen) atoms. The maximum atomic E-state index is 12.7. The molecule has 1 N–H and O–H groups in total. The topological polar surface area (TPSA) is 38.3 Å². The van der Waals surface area contributed by atoms with Crippen molar-refractivity contribution in [1.29, 1.82) is 0 Å². The lowest BCUT2D eigenvalue weighted by Crippen LogP contribution is -2.30. The second kappa shape index (κ2) is 6.77. The van der Waals surface area contributed by atoms with Crippen LogP contribution in [0, 0.1) is 0 Å². The molecule has 7 heteroatoms. The Morgan fingerprint density at radius 3 is 2.63 bits per heavy atom. The maximum Gasteiger partial charge on any atom is 0.416 e. The SMILES string of the molecule is COC(=O)C(Cl)CNCc1ccccc1C(F)(F)F. The highest BCUT2D eigenvalue weighted by atomic mass is 35.5. The Hall–Kier alpha value is -1.27. The second-order valence-corrected chi connectivity index (χ2v) is 4.30. The van der Waals surface area contributed by atoms with E-state index >= 15 is 0 Å². The monoisotopic (exact) mass is 295 g/mol. The zero-order valence-electron chi connectivity index (χ0n) is 10.1. The molecule has 0 bridgehead atoms. The van der Waals surface area contributed by atoms with Gasteiger partial charge in [0.1, 0.15) is 5.38 Å². The Morgan fingerprint density at radius 2 is 2.05 bits per heavy atom. The van der Waals surface area contributed by atoms with Crippen molar-refractivity contribution in [2.75, 3.05) is 13.7 Å². The molecule has 1 atom stereocenters. The van der Waals surface area contributed by atoms with Crippen LogP contribution in [0.15, 0.2) is 24.3 Å². The first-order chi connectivity index (χ1) is 8.86. The Balaban J connectivity index is 2.62. The fraction of sp³-hybridized carbons (Fsp3) is 0.417. The van der Waals surface area contributed by atoms with Crippen LogP contribution in [-0.2, 0) is 22.3 Å². The van der Waals surface area contributed by atoms with Gasteiger partial charge in [0.2, 0.25) is 0 Å². The standard InChI is InChI=1S/C12H13ClF3NO2/c1-19-11(18)10(13)7-17-6-8-4-2-3-5-9(8)12(14,15)16/h2-5,10,17H,6-7H2,1H3. The molecule has 0 heterocycles. The molecule has 0 amide bonds. The number of halogens is 4. The number of hydrogen-bond donors (Lipinski definition) is 1. The summed E-state index contributed by atoms with van der Waals surface area (Å²) in [5.74, 6) is -0.627. The van der Waals surface area contributed by atoms with Gasteiger partial charge in [0, 0.05) is 13.1 Å². The van der Waals surface area contributed by atoms with Gasteiger partial charge in [-0.15, -0.1) is 11.6 Å². The summed E-state index contributed by atoms with van der Waals surface area (Å²) in [5.41, 5.74) is -0.601. The smallest absolute Gasteiger partial charge is 0.416 e. The number of methoxy groups -OCH3 is 1. The number of carbonyl (C=O) groups excluding carboxylic acids is 1. The molecular formula is C12H13ClF3NO2. The Kier molecular flexibility index (Phi) is 5.62. The van der Waals surface area contributed by atoms with Crippen molar-refractivity contribution in [3.8, 4) is 0 Å². The average molecular weight is 296 g/mol. The van der Waals surface area contributed by atoms with Gasteiger partial charge < -0.3 is 10.1 Å². The normalized spacial score (nSPS) is 13.1. The van der Waals surface area contributed by atoms with Crippen LogP contribution in [0.2, 0.25) is 0 Å². The first-order valence-electron chi connectivity index (χ1n) is 5.44. The predicted octanol–water partition coefficient (Wildman–Crippen LogP) is 2.58. The summed E-state index contributed by atoms with van der Waals surface area (Å²) in [6, 6.07) is 5.22. The van der Waals surface area contributed by atoms with Gasteiger partial charge in [-0.1, -0.05) is 18.2 Å². The number of nitrogens with one attached hydrogen (secondary N) is 1. The van der Waals surface area contributed by atoms with Gasteiger partial charge in [-0.2, -0.15) is 13.2 Å². The van der Waals surface area contributed by atoms with Crippen LogP contribution in [0.5, 0.6) is 0 Å². The van der Waals surface area contributed by atoms with E-state index in [1.54, 1.807) is 0 Å². The molecule has 3 nitrogen and oxygen atoms in total. The van der Waals surface area contributed by atoms with Crippen LogP contribution in [-0.4, -0.2) is 25.0 Å². The third kappa shape index (κ3) is 4.72. The summed E-state index contributed by atoms with van der Waals surface area (Å²) in [6.45, 7) is -0.00365. The van der Waals surface area contributed by atoms with Crippen molar-refractivity contribution in [1.82, 2.24) is 5.32 Å². The molecule has 0 fully saturated rings. The maximum absolute atomic E-state index is 12.7. The van der Waals surface area contributed by atoms with Gasteiger partial charge >= 0.3 is 12.1 Å². The van der Waals surface area contributed by atoms with Crippen LogP contribution < -0.4 is 5.32 Å². The molecule has 1 aromatic rings. The van der Waals surface area contributed by atoms with Crippen molar-refractivity contribution in [3.05, 3.63) is 35.4 Å². The minimum absolute atomic E-state index is 0.0282. The molecule has 0 aliphatic rings. The third-order valence-corrected chi connectivity index (χ3v) is 2.75. The van der Waals surface area contributed by atoms with E-state index in [1.165, 1.54) is 25.3 Å². The third-order valence-electron chi connectivity index (χ3n) is 2.42. The van der Waals surface area contributed by atoms with Gasteiger partial charge in [-0.05, 0) is 11.6 Å². The lowest BCUT2D eigenvalue weighted by atomic mass is 10.1. The summed E-state index contributed by atoms with van der Waals surface area (Å²) >= 11 is 5.67. The van der Waals surface area contributed by atoms with E-state index in [2.05, 4.69) is 10.1 Å². The highest BCUT2D eigenvalue weighted by Crippen LogP contribution is 2.31. The first kappa shape index (κ1) is 15.8. The fourth-order valence-corrected chi connectivity index (χ4v) is 1.69. The second-order valence-electron chi connectivity index (χ2n) is 3.78. The van der Waals surface area contributed by atoms with Crippen molar-refractivity contribution in [2.24, 2.45) is 0 Å². The molecule has 1 unspecified atom stereocenters. The van der Waals surface area contributed by atoms with Crippen molar-refractivity contribution < 1.29 is 22.7 Å².